The fourth-order valence-electron chi connectivity index (χ4n) is 2.64. The van der Waals surface area contributed by atoms with Crippen LogP contribution in [0.2, 0.25) is 5.02 Å². The Kier molecular flexibility index (Phi) is 6.64. The van der Waals surface area contributed by atoms with Crippen LogP contribution in [0, 0.1) is 0 Å². The third-order valence-electron chi connectivity index (χ3n) is 3.81. The van der Waals surface area contributed by atoms with Gasteiger partial charge >= 0.3 is 0 Å². The van der Waals surface area contributed by atoms with Gasteiger partial charge in [0.15, 0.2) is 0 Å². The molecular weight excluding hydrogens is 326 g/mol. The van der Waals surface area contributed by atoms with E-state index in [2.05, 4.69) is 5.32 Å². The highest BCUT2D eigenvalue weighted by atomic mass is 35.5. The molecule has 2 atom stereocenters. The molecule has 0 aromatic heterocycles. The summed E-state index contributed by atoms with van der Waals surface area (Å²) in [5.41, 5.74) is 1.48. The zero-order valence-electron chi connectivity index (χ0n) is 13.8. The average Bonchev–Trinajstić information content (AvgIpc) is 2.58. The summed E-state index contributed by atoms with van der Waals surface area (Å²) in [5, 5.41) is 13.1. The van der Waals surface area contributed by atoms with E-state index in [1.54, 1.807) is 25.1 Å². The van der Waals surface area contributed by atoms with Crippen LogP contribution in [-0.2, 0) is 0 Å². The highest BCUT2D eigenvalue weighted by Gasteiger charge is 2.18. The molecule has 2 rings (SSSR count). The zero-order chi connectivity index (χ0) is 17.5. The predicted molar refractivity (Wildman–Crippen MR) is 95.8 cm³/mol. The van der Waals surface area contributed by atoms with Gasteiger partial charge in [0.05, 0.1) is 18.8 Å². The van der Waals surface area contributed by atoms with E-state index in [9.17, 15) is 9.90 Å². The summed E-state index contributed by atoms with van der Waals surface area (Å²) < 4.78 is 5.22. The fourth-order valence-corrected chi connectivity index (χ4v) is 2.82. The second kappa shape index (κ2) is 8.71. The number of amides is 1. The van der Waals surface area contributed by atoms with Crippen LogP contribution in [0.1, 0.15) is 35.2 Å². The van der Waals surface area contributed by atoms with Crippen LogP contribution in [0.3, 0.4) is 0 Å². The van der Waals surface area contributed by atoms with Crippen molar-refractivity contribution in [2.75, 3.05) is 13.7 Å². The number of methoxy groups -OCH3 is 1. The average molecular weight is 348 g/mol. The van der Waals surface area contributed by atoms with E-state index in [0.717, 1.165) is 5.56 Å². The minimum absolute atomic E-state index is 0.0281. The number of benzene rings is 2. The van der Waals surface area contributed by atoms with E-state index >= 15 is 0 Å². The maximum Gasteiger partial charge on any atom is 0.255 e. The lowest BCUT2D eigenvalue weighted by atomic mass is 9.93. The van der Waals surface area contributed by atoms with Crippen molar-refractivity contribution in [3.05, 3.63) is 64.7 Å². The second-order valence-corrected chi connectivity index (χ2v) is 6.18. The van der Waals surface area contributed by atoms with Crippen molar-refractivity contribution in [1.29, 1.82) is 0 Å². The Morgan fingerprint density at radius 1 is 1.25 bits per heavy atom. The van der Waals surface area contributed by atoms with Gasteiger partial charge in [-0.2, -0.15) is 0 Å². The van der Waals surface area contributed by atoms with Crippen molar-refractivity contribution in [2.45, 2.75) is 25.4 Å². The fraction of sp³-hybridized carbons (Fsp3) is 0.316. The Bertz CT molecular complexity index is 674. The molecule has 0 radical (unpaired) electrons. The first-order valence-corrected chi connectivity index (χ1v) is 8.23. The third kappa shape index (κ3) is 4.98. The lowest BCUT2D eigenvalue weighted by Crippen LogP contribution is -2.30. The number of aliphatic hydroxyl groups excluding tert-OH is 1. The molecule has 2 aromatic carbocycles. The van der Waals surface area contributed by atoms with Crippen LogP contribution >= 0.6 is 11.6 Å². The van der Waals surface area contributed by atoms with Crippen molar-refractivity contribution in [3.8, 4) is 5.75 Å². The van der Waals surface area contributed by atoms with Crippen molar-refractivity contribution in [3.63, 3.8) is 0 Å². The van der Waals surface area contributed by atoms with Crippen LogP contribution in [0.5, 0.6) is 5.75 Å². The summed E-state index contributed by atoms with van der Waals surface area (Å²) in [7, 11) is 1.51. The normalized spacial score (nSPS) is 13.2. The van der Waals surface area contributed by atoms with Crippen LogP contribution in [-0.4, -0.2) is 30.8 Å². The first kappa shape index (κ1) is 18.3. The largest absolute Gasteiger partial charge is 0.496 e. The van der Waals surface area contributed by atoms with Gasteiger partial charge in [-0.25, -0.2) is 0 Å². The molecule has 0 spiro atoms. The van der Waals surface area contributed by atoms with Gasteiger partial charge in [0.25, 0.3) is 5.91 Å². The number of ether oxygens (including phenoxy) is 1. The smallest absolute Gasteiger partial charge is 0.255 e. The molecule has 4 nitrogen and oxygen atoms in total. The molecule has 0 aliphatic carbocycles. The van der Waals surface area contributed by atoms with E-state index in [4.69, 9.17) is 16.3 Å². The standard InChI is InChI=1S/C19H22ClNO3/c1-13(22)10-15(14-6-4-3-5-7-14)12-21-19(23)17-11-16(20)8-9-18(17)24-2/h3-9,11,13,15,22H,10,12H2,1-2H3,(H,21,23). The summed E-state index contributed by atoms with van der Waals surface area (Å²) in [5.74, 6) is 0.255. The molecule has 1 amide bonds. The summed E-state index contributed by atoms with van der Waals surface area (Å²) in [6.07, 6.45) is 0.115. The summed E-state index contributed by atoms with van der Waals surface area (Å²) >= 11 is 5.98. The molecule has 5 heteroatoms. The molecule has 2 N–H and O–H groups in total. The molecule has 2 aromatic rings. The number of hydrogen-bond acceptors (Lipinski definition) is 3. The minimum atomic E-state index is -0.451. The summed E-state index contributed by atoms with van der Waals surface area (Å²) in [6.45, 7) is 2.17. The number of carbonyl (C=O) groups excluding carboxylic acids is 1. The Morgan fingerprint density at radius 2 is 1.96 bits per heavy atom. The summed E-state index contributed by atoms with van der Waals surface area (Å²) in [4.78, 5) is 12.5. The number of rotatable bonds is 7. The van der Waals surface area contributed by atoms with Crippen molar-refractivity contribution in [2.24, 2.45) is 0 Å². The van der Waals surface area contributed by atoms with Crippen LogP contribution in [0.25, 0.3) is 0 Å². The number of nitrogens with one attached hydrogen (secondary N) is 1. The molecule has 0 saturated heterocycles. The van der Waals surface area contributed by atoms with Crippen molar-refractivity contribution >= 4 is 17.5 Å². The quantitative estimate of drug-likeness (QED) is 0.804. The Hall–Kier alpha value is -2.04. The van der Waals surface area contributed by atoms with Crippen LogP contribution in [0.4, 0.5) is 0 Å². The van der Waals surface area contributed by atoms with Gasteiger partial charge in [0, 0.05) is 17.5 Å². The van der Waals surface area contributed by atoms with E-state index in [1.165, 1.54) is 7.11 Å². The molecule has 0 fully saturated rings. The van der Waals surface area contributed by atoms with E-state index in [0.29, 0.717) is 29.3 Å². The monoisotopic (exact) mass is 347 g/mol. The minimum Gasteiger partial charge on any atom is -0.496 e. The molecule has 24 heavy (non-hydrogen) atoms. The van der Waals surface area contributed by atoms with Gasteiger partial charge < -0.3 is 15.2 Å². The first-order valence-electron chi connectivity index (χ1n) is 7.86. The third-order valence-corrected chi connectivity index (χ3v) is 4.05. The molecule has 0 aliphatic heterocycles. The molecule has 2 unspecified atom stereocenters. The number of hydrogen-bond donors (Lipinski definition) is 2. The first-order chi connectivity index (χ1) is 11.5. The van der Waals surface area contributed by atoms with Gasteiger partial charge in [-0.15, -0.1) is 0 Å². The number of halogens is 1. The van der Waals surface area contributed by atoms with E-state index in [1.807, 2.05) is 30.3 Å². The highest BCUT2D eigenvalue weighted by molar-refractivity contribution is 6.31. The van der Waals surface area contributed by atoms with Gasteiger partial charge in [-0.05, 0) is 37.1 Å². The maximum atomic E-state index is 12.5. The maximum absolute atomic E-state index is 12.5. The van der Waals surface area contributed by atoms with Gasteiger partial charge in [-0.3, -0.25) is 4.79 Å². The van der Waals surface area contributed by atoms with Gasteiger partial charge in [-0.1, -0.05) is 41.9 Å². The Balaban J connectivity index is 2.11. The lowest BCUT2D eigenvalue weighted by molar-refractivity contribution is 0.0942. The molecule has 0 saturated carbocycles. The molecule has 0 heterocycles. The zero-order valence-corrected chi connectivity index (χ0v) is 14.6. The molecule has 128 valence electrons. The van der Waals surface area contributed by atoms with Crippen molar-refractivity contribution in [1.82, 2.24) is 5.32 Å². The topological polar surface area (TPSA) is 58.6 Å². The molecule has 0 aliphatic rings. The van der Waals surface area contributed by atoms with E-state index < -0.39 is 6.10 Å². The van der Waals surface area contributed by atoms with Crippen LogP contribution in [0.15, 0.2) is 48.5 Å². The SMILES string of the molecule is COc1ccc(Cl)cc1C(=O)NCC(CC(C)O)c1ccccc1. The van der Waals surface area contributed by atoms with Crippen molar-refractivity contribution < 1.29 is 14.6 Å². The number of aliphatic hydroxyl groups is 1. The molecular formula is C19H22ClNO3. The van der Waals surface area contributed by atoms with Gasteiger partial charge in [0.1, 0.15) is 5.75 Å². The Labute approximate surface area is 147 Å². The second-order valence-electron chi connectivity index (χ2n) is 5.75. The number of carbonyl (C=O) groups is 1. The van der Waals surface area contributed by atoms with Gasteiger partial charge in [0.2, 0.25) is 0 Å². The van der Waals surface area contributed by atoms with E-state index in [-0.39, 0.29) is 11.8 Å². The molecule has 0 bridgehead atoms. The van der Waals surface area contributed by atoms with Crippen LogP contribution < -0.4 is 10.1 Å². The Morgan fingerprint density at radius 3 is 2.58 bits per heavy atom. The lowest BCUT2D eigenvalue weighted by Gasteiger charge is -2.20. The highest BCUT2D eigenvalue weighted by Crippen LogP contribution is 2.24. The predicted octanol–water partition coefficient (Wildman–Crippen LogP) is 3.63. The summed E-state index contributed by atoms with van der Waals surface area (Å²) in [6, 6.07) is 14.8.